The van der Waals surface area contributed by atoms with Crippen molar-refractivity contribution in [2.75, 3.05) is 0 Å². The van der Waals surface area contributed by atoms with E-state index < -0.39 is 17.7 Å². The lowest BCUT2D eigenvalue weighted by molar-refractivity contribution is 0.0497. The molecule has 0 unspecified atom stereocenters. The fraction of sp³-hybridized carbons (Fsp3) is 0.429. The summed E-state index contributed by atoms with van der Waals surface area (Å²) in [5.41, 5.74) is -0.0967. The highest BCUT2D eigenvalue weighted by molar-refractivity contribution is 6.30. The van der Waals surface area contributed by atoms with Crippen LogP contribution >= 0.6 is 11.6 Å². The van der Waals surface area contributed by atoms with Crippen LogP contribution in [0.25, 0.3) is 0 Å². The summed E-state index contributed by atoms with van der Waals surface area (Å²) in [6.07, 6.45) is -0.609. The Hall–Kier alpha value is -1.55. The molecule has 4 nitrogen and oxygen atoms in total. The van der Waals surface area contributed by atoms with Gasteiger partial charge < -0.3 is 10.1 Å². The van der Waals surface area contributed by atoms with E-state index in [1.807, 2.05) is 0 Å². The summed E-state index contributed by atoms with van der Waals surface area (Å²) in [7, 11) is 0. The summed E-state index contributed by atoms with van der Waals surface area (Å²) in [6, 6.07) is 5.86. The van der Waals surface area contributed by atoms with Crippen LogP contribution in [0, 0.1) is 0 Å². The zero-order valence-electron chi connectivity index (χ0n) is 11.5. The fourth-order valence-corrected chi connectivity index (χ4v) is 1.54. The number of amides is 1. The monoisotopic (exact) mass is 283 g/mol. The average molecular weight is 284 g/mol. The van der Waals surface area contributed by atoms with Crippen molar-refractivity contribution in [3.05, 3.63) is 34.9 Å². The van der Waals surface area contributed by atoms with Crippen LogP contribution in [0.5, 0.6) is 0 Å². The average Bonchev–Trinajstić information content (AvgIpc) is 2.26. The fourth-order valence-electron chi connectivity index (χ4n) is 1.41. The van der Waals surface area contributed by atoms with Gasteiger partial charge in [0, 0.05) is 10.6 Å². The molecule has 0 aliphatic heterocycles. The van der Waals surface area contributed by atoms with E-state index in [1.165, 1.54) is 0 Å². The molecule has 1 aromatic rings. The van der Waals surface area contributed by atoms with Gasteiger partial charge in [0.2, 0.25) is 0 Å². The van der Waals surface area contributed by atoms with Gasteiger partial charge in [0.25, 0.3) is 0 Å². The normalized spacial score (nSPS) is 12.7. The maximum absolute atomic E-state index is 12.0. The third kappa shape index (κ3) is 5.30. The van der Waals surface area contributed by atoms with Gasteiger partial charge in [-0.05, 0) is 52.0 Å². The number of nitrogens with one attached hydrogen (secondary N) is 1. The standard InChI is InChI=1S/C14H18ClNO3/c1-9(16-13(18)19-14(2,3)4)12(17)10-5-7-11(15)8-6-10/h5-9H,1-4H3,(H,16,18)/t9-/m1/s1. The number of carbonyl (C=O) groups is 2. The van der Waals surface area contributed by atoms with Gasteiger partial charge in [0.15, 0.2) is 5.78 Å². The van der Waals surface area contributed by atoms with Gasteiger partial charge in [-0.3, -0.25) is 4.79 Å². The number of ketones is 1. The molecular formula is C14H18ClNO3. The SMILES string of the molecule is C[C@@H](NC(=O)OC(C)(C)C)C(=O)c1ccc(Cl)cc1. The number of benzene rings is 1. The Labute approximate surface area is 118 Å². The topological polar surface area (TPSA) is 55.4 Å². The molecular weight excluding hydrogens is 266 g/mol. The number of Topliss-reactive ketones (excluding diaryl/α,β-unsaturated/α-hetero) is 1. The number of halogens is 1. The second-order valence-corrected chi connectivity index (χ2v) is 5.68. The summed E-state index contributed by atoms with van der Waals surface area (Å²) in [4.78, 5) is 23.6. The van der Waals surface area contributed by atoms with Crippen molar-refractivity contribution >= 4 is 23.5 Å². The Kier molecular flexibility index (Phi) is 4.95. The smallest absolute Gasteiger partial charge is 0.408 e. The van der Waals surface area contributed by atoms with Crippen molar-refractivity contribution in [3.63, 3.8) is 0 Å². The Morgan fingerprint density at radius 1 is 1.21 bits per heavy atom. The minimum Gasteiger partial charge on any atom is -0.444 e. The number of rotatable bonds is 3. The lowest BCUT2D eigenvalue weighted by atomic mass is 10.1. The van der Waals surface area contributed by atoms with Gasteiger partial charge in [0.1, 0.15) is 5.60 Å². The minimum absolute atomic E-state index is 0.192. The molecule has 19 heavy (non-hydrogen) atoms. The number of alkyl carbamates (subject to hydrolysis) is 1. The first kappa shape index (κ1) is 15.5. The van der Waals surface area contributed by atoms with Crippen molar-refractivity contribution in [1.29, 1.82) is 0 Å². The Balaban J connectivity index is 2.63. The van der Waals surface area contributed by atoms with Crippen molar-refractivity contribution in [2.24, 2.45) is 0 Å². The van der Waals surface area contributed by atoms with Crippen LogP contribution < -0.4 is 5.32 Å². The van der Waals surface area contributed by atoms with Crippen molar-refractivity contribution < 1.29 is 14.3 Å². The summed E-state index contributed by atoms with van der Waals surface area (Å²) >= 11 is 5.75. The first-order valence-corrected chi connectivity index (χ1v) is 6.36. The molecule has 1 N–H and O–H groups in total. The lowest BCUT2D eigenvalue weighted by Gasteiger charge is -2.21. The molecule has 1 rings (SSSR count). The van der Waals surface area contributed by atoms with E-state index in [4.69, 9.17) is 16.3 Å². The molecule has 0 fully saturated rings. The zero-order valence-corrected chi connectivity index (χ0v) is 12.2. The first-order valence-electron chi connectivity index (χ1n) is 5.98. The largest absolute Gasteiger partial charge is 0.444 e. The van der Waals surface area contributed by atoms with E-state index in [0.29, 0.717) is 10.6 Å². The molecule has 1 aromatic carbocycles. The van der Waals surface area contributed by atoms with E-state index in [9.17, 15) is 9.59 Å². The van der Waals surface area contributed by atoms with E-state index in [1.54, 1.807) is 52.0 Å². The maximum atomic E-state index is 12.0. The first-order chi connectivity index (χ1) is 8.69. The van der Waals surface area contributed by atoms with Gasteiger partial charge in [-0.15, -0.1) is 0 Å². The Morgan fingerprint density at radius 3 is 2.21 bits per heavy atom. The third-order valence-corrected chi connectivity index (χ3v) is 2.51. The Bertz CT molecular complexity index is 463. The summed E-state index contributed by atoms with van der Waals surface area (Å²) in [5.74, 6) is -0.192. The van der Waals surface area contributed by atoms with E-state index >= 15 is 0 Å². The van der Waals surface area contributed by atoms with Crippen LogP contribution in [0.2, 0.25) is 5.02 Å². The lowest BCUT2D eigenvalue weighted by Crippen LogP contribution is -2.41. The highest BCUT2D eigenvalue weighted by atomic mass is 35.5. The number of carbonyl (C=O) groups excluding carboxylic acids is 2. The van der Waals surface area contributed by atoms with Gasteiger partial charge in [-0.25, -0.2) is 4.79 Å². The maximum Gasteiger partial charge on any atom is 0.408 e. The second-order valence-electron chi connectivity index (χ2n) is 5.24. The third-order valence-electron chi connectivity index (χ3n) is 2.26. The molecule has 0 bridgehead atoms. The van der Waals surface area contributed by atoms with Gasteiger partial charge in [-0.2, -0.15) is 0 Å². The molecule has 0 saturated carbocycles. The van der Waals surface area contributed by atoms with Gasteiger partial charge in [-0.1, -0.05) is 11.6 Å². The molecule has 5 heteroatoms. The number of hydrogen-bond acceptors (Lipinski definition) is 3. The minimum atomic E-state index is -0.656. The van der Waals surface area contributed by atoms with Crippen LogP contribution in [0.15, 0.2) is 24.3 Å². The van der Waals surface area contributed by atoms with Crippen molar-refractivity contribution in [1.82, 2.24) is 5.32 Å². The number of ether oxygens (including phenoxy) is 1. The quantitative estimate of drug-likeness (QED) is 0.865. The molecule has 0 heterocycles. The van der Waals surface area contributed by atoms with E-state index in [-0.39, 0.29) is 5.78 Å². The predicted octanol–water partition coefficient (Wildman–Crippen LogP) is 3.44. The van der Waals surface area contributed by atoms with E-state index in [0.717, 1.165) is 0 Å². The molecule has 0 aliphatic carbocycles. The molecule has 0 aromatic heterocycles. The highest BCUT2D eigenvalue weighted by Gasteiger charge is 2.21. The molecule has 1 atom stereocenters. The van der Waals surface area contributed by atoms with Crippen molar-refractivity contribution in [3.8, 4) is 0 Å². The molecule has 0 aliphatic rings. The zero-order chi connectivity index (χ0) is 14.6. The second kappa shape index (κ2) is 6.06. The molecule has 1 amide bonds. The van der Waals surface area contributed by atoms with Crippen LogP contribution in [-0.4, -0.2) is 23.5 Å². The summed E-state index contributed by atoms with van der Waals surface area (Å²) < 4.78 is 5.09. The summed E-state index contributed by atoms with van der Waals surface area (Å²) in [6.45, 7) is 6.90. The van der Waals surface area contributed by atoms with Gasteiger partial charge in [0.05, 0.1) is 6.04 Å². The highest BCUT2D eigenvalue weighted by Crippen LogP contribution is 2.12. The van der Waals surface area contributed by atoms with Crippen LogP contribution in [0.3, 0.4) is 0 Å². The molecule has 104 valence electrons. The van der Waals surface area contributed by atoms with Crippen molar-refractivity contribution in [2.45, 2.75) is 39.3 Å². The van der Waals surface area contributed by atoms with Crippen LogP contribution in [0.4, 0.5) is 4.79 Å². The van der Waals surface area contributed by atoms with Crippen LogP contribution in [-0.2, 0) is 4.74 Å². The predicted molar refractivity (Wildman–Crippen MR) is 74.6 cm³/mol. The Morgan fingerprint density at radius 2 is 1.74 bits per heavy atom. The number of hydrogen-bond donors (Lipinski definition) is 1. The molecule has 0 spiro atoms. The molecule has 0 saturated heterocycles. The van der Waals surface area contributed by atoms with Gasteiger partial charge >= 0.3 is 6.09 Å². The van der Waals surface area contributed by atoms with Crippen LogP contribution in [0.1, 0.15) is 38.1 Å². The summed E-state index contributed by atoms with van der Waals surface area (Å²) in [5, 5.41) is 3.07. The van der Waals surface area contributed by atoms with E-state index in [2.05, 4.69) is 5.32 Å². The molecule has 0 radical (unpaired) electrons.